The van der Waals surface area contributed by atoms with Gasteiger partial charge in [-0.15, -0.1) is 36.2 Å². The van der Waals surface area contributed by atoms with E-state index in [1.54, 1.807) is 11.3 Å². The standard InChI is InChI=1S/C16H22N4O2S.2ClH/c1-12-13(19-16(22-12)14-3-2-10-23-14)11-15(21)18-6-9-20-7-4-17-5-8-20;;/h2-3,10,17H,4-9,11H2,1H3,(H,18,21);2*1H. The van der Waals surface area contributed by atoms with Gasteiger partial charge in [0.05, 0.1) is 17.0 Å². The first-order valence-corrected chi connectivity index (χ1v) is 8.80. The van der Waals surface area contributed by atoms with E-state index in [-0.39, 0.29) is 37.1 Å². The Kier molecular flexibility index (Phi) is 9.45. The summed E-state index contributed by atoms with van der Waals surface area (Å²) < 4.78 is 5.66. The second kappa shape index (κ2) is 10.8. The molecule has 3 rings (SSSR count). The zero-order chi connectivity index (χ0) is 16.1. The fourth-order valence-corrected chi connectivity index (χ4v) is 3.25. The van der Waals surface area contributed by atoms with E-state index in [4.69, 9.17) is 4.42 Å². The lowest BCUT2D eigenvalue weighted by Gasteiger charge is -2.27. The summed E-state index contributed by atoms with van der Waals surface area (Å²) in [6.07, 6.45) is 0.266. The van der Waals surface area contributed by atoms with Crippen molar-refractivity contribution in [3.8, 4) is 10.8 Å². The van der Waals surface area contributed by atoms with E-state index in [0.29, 0.717) is 23.9 Å². The van der Waals surface area contributed by atoms with E-state index in [1.165, 1.54) is 0 Å². The third kappa shape index (κ3) is 6.27. The fraction of sp³-hybridized carbons (Fsp3) is 0.500. The number of oxazole rings is 1. The van der Waals surface area contributed by atoms with Gasteiger partial charge in [-0.05, 0) is 18.4 Å². The number of hydrogen-bond acceptors (Lipinski definition) is 6. The highest BCUT2D eigenvalue weighted by atomic mass is 35.5. The molecule has 0 saturated carbocycles. The van der Waals surface area contributed by atoms with Crippen LogP contribution >= 0.6 is 36.2 Å². The smallest absolute Gasteiger partial charge is 0.236 e. The van der Waals surface area contributed by atoms with Crippen LogP contribution in [0.3, 0.4) is 0 Å². The highest BCUT2D eigenvalue weighted by Crippen LogP contribution is 2.25. The predicted octanol–water partition coefficient (Wildman–Crippen LogP) is 2.12. The normalized spacial score (nSPS) is 14.4. The van der Waals surface area contributed by atoms with Crippen LogP contribution < -0.4 is 10.6 Å². The van der Waals surface area contributed by atoms with Gasteiger partial charge in [0, 0.05) is 39.3 Å². The van der Waals surface area contributed by atoms with Crippen LogP contribution in [0.4, 0.5) is 0 Å². The third-order valence-electron chi connectivity index (χ3n) is 3.91. The van der Waals surface area contributed by atoms with Crippen molar-refractivity contribution < 1.29 is 9.21 Å². The summed E-state index contributed by atoms with van der Waals surface area (Å²) in [5, 5.41) is 8.27. The van der Waals surface area contributed by atoms with Crippen LogP contribution in [0.25, 0.3) is 10.8 Å². The average molecular weight is 407 g/mol. The minimum absolute atomic E-state index is 0. The number of nitrogens with zero attached hydrogens (tertiary/aromatic N) is 2. The predicted molar refractivity (Wildman–Crippen MR) is 105 cm³/mol. The number of carbonyl (C=O) groups excluding carboxylic acids is 1. The van der Waals surface area contributed by atoms with Crippen LogP contribution in [-0.4, -0.2) is 55.1 Å². The molecule has 2 aromatic rings. The highest BCUT2D eigenvalue weighted by molar-refractivity contribution is 7.13. The van der Waals surface area contributed by atoms with Crippen molar-refractivity contribution >= 4 is 42.1 Å². The molecule has 0 atom stereocenters. The van der Waals surface area contributed by atoms with E-state index in [9.17, 15) is 4.79 Å². The lowest BCUT2D eigenvalue weighted by Crippen LogP contribution is -2.46. The van der Waals surface area contributed by atoms with E-state index in [1.807, 2.05) is 24.4 Å². The first-order chi connectivity index (χ1) is 11.2. The van der Waals surface area contributed by atoms with Crippen molar-refractivity contribution in [1.82, 2.24) is 20.5 Å². The number of aryl methyl sites for hydroxylation is 1. The van der Waals surface area contributed by atoms with Gasteiger partial charge >= 0.3 is 0 Å². The van der Waals surface area contributed by atoms with Gasteiger partial charge in [-0.3, -0.25) is 9.69 Å². The molecule has 0 unspecified atom stereocenters. The number of carbonyl (C=O) groups is 1. The number of thiophene rings is 1. The van der Waals surface area contributed by atoms with E-state index in [0.717, 1.165) is 37.6 Å². The number of halogens is 2. The van der Waals surface area contributed by atoms with Crippen LogP contribution in [0.1, 0.15) is 11.5 Å². The van der Waals surface area contributed by atoms with Gasteiger partial charge in [-0.2, -0.15) is 0 Å². The van der Waals surface area contributed by atoms with E-state index in [2.05, 4.69) is 20.5 Å². The maximum atomic E-state index is 12.1. The Morgan fingerprint density at radius 2 is 2.16 bits per heavy atom. The molecule has 0 aliphatic carbocycles. The third-order valence-corrected chi connectivity index (χ3v) is 4.77. The number of aromatic nitrogens is 1. The molecule has 1 aliphatic rings. The zero-order valence-corrected chi connectivity index (χ0v) is 16.6. The van der Waals surface area contributed by atoms with Gasteiger partial charge < -0.3 is 15.1 Å². The van der Waals surface area contributed by atoms with Crippen molar-refractivity contribution in [2.24, 2.45) is 0 Å². The maximum absolute atomic E-state index is 12.1. The molecule has 0 aromatic carbocycles. The summed E-state index contributed by atoms with van der Waals surface area (Å²) in [6.45, 7) is 7.56. The number of hydrogen-bond donors (Lipinski definition) is 2. The first-order valence-electron chi connectivity index (χ1n) is 7.92. The van der Waals surface area contributed by atoms with Gasteiger partial charge in [0.15, 0.2) is 0 Å². The molecule has 1 fully saturated rings. The van der Waals surface area contributed by atoms with Crippen molar-refractivity contribution in [3.63, 3.8) is 0 Å². The van der Waals surface area contributed by atoms with Gasteiger partial charge in [-0.1, -0.05) is 6.07 Å². The van der Waals surface area contributed by atoms with Gasteiger partial charge in [-0.25, -0.2) is 4.98 Å². The second-order valence-corrected chi connectivity index (χ2v) is 6.57. The molecular weight excluding hydrogens is 383 g/mol. The Hall–Kier alpha value is -1.12. The van der Waals surface area contributed by atoms with Crippen molar-refractivity contribution in [2.75, 3.05) is 39.3 Å². The summed E-state index contributed by atoms with van der Waals surface area (Å²) in [5.41, 5.74) is 0.716. The summed E-state index contributed by atoms with van der Waals surface area (Å²) >= 11 is 1.58. The molecule has 0 radical (unpaired) electrons. The molecule has 0 spiro atoms. The number of piperazine rings is 1. The monoisotopic (exact) mass is 406 g/mol. The topological polar surface area (TPSA) is 70.4 Å². The quantitative estimate of drug-likeness (QED) is 0.768. The number of rotatable bonds is 6. The Bertz CT molecular complexity index is 643. The molecule has 0 bridgehead atoms. The van der Waals surface area contributed by atoms with Crippen LogP contribution in [0.15, 0.2) is 21.9 Å². The molecule has 1 saturated heterocycles. The molecule has 2 aromatic heterocycles. The van der Waals surface area contributed by atoms with Gasteiger partial charge in [0.25, 0.3) is 0 Å². The molecule has 9 heteroatoms. The van der Waals surface area contributed by atoms with E-state index >= 15 is 0 Å². The second-order valence-electron chi connectivity index (χ2n) is 5.62. The molecule has 6 nitrogen and oxygen atoms in total. The van der Waals surface area contributed by atoms with Crippen LogP contribution in [-0.2, 0) is 11.2 Å². The summed E-state index contributed by atoms with van der Waals surface area (Å²) in [5.74, 6) is 1.31. The maximum Gasteiger partial charge on any atom is 0.236 e. The minimum atomic E-state index is -0.00531. The van der Waals surface area contributed by atoms with Crippen molar-refractivity contribution in [1.29, 1.82) is 0 Å². The number of nitrogens with one attached hydrogen (secondary N) is 2. The Morgan fingerprint density at radius 1 is 1.40 bits per heavy atom. The van der Waals surface area contributed by atoms with Crippen LogP contribution in [0, 0.1) is 6.92 Å². The summed E-state index contributed by atoms with van der Waals surface area (Å²) in [7, 11) is 0. The van der Waals surface area contributed by atoms with Gasteiger partial charge in [0.1, 0.15) is 5.76 Å². The fourth-order valence-electron chi connectivity index (χ4n) is 2.60. The first kappa shape index (κ1) is 21.9. The molecule has 3 heterocycles. The van der Waals surface area contributed by atoms with Crippen LogP contribution in [0.2, 0.25) is 0 Å². The molecule has 2 N–H and O–H groups in total. The molecule has 25 heavy (non-hydrogen) atoms. The minimum Gasteiger partial charge on any atom is -0.440 e. The lowest BCUT2D eigenvalue weighted by atomic mass is 10.2. The zero-order valence-electron chi connectivity index (χ0n) is 14.1. The van der Waals surface area contributed by atoms with Crippen molar-refractivity contribution in [2.45, 2.75) is 13.3 Å². The van der Waals surface area contributed by atoms with Gasteiger partial charge in [0.2, 0.25) is 11.8 Å². The Labute approximate surface area is 164 Å². The molecule has 1 aliphatic heterocycles. The van der Waals surface area contributed by atoms with E-state index < -0.39 is 0 Å². The molecular formula is C16H24Cl2N4O2S. The summed E-state index contributed by atoms with van der Waals surface area (Å²) in [4.78, 5) is 19.9. The lowest BCUT2D eigenvalue weighted by molar-refractivity contribution is -0.120. The highest BCUT2D eigenvalue weighted by Gasteiger charge is 2.15. The van der Waals surface area contributed by atoms with Crippen molar-refractivity contribution in [3.05, 3.63) is 29.0 Å². The number of amides is 1. The molecule has 140 valence electrons. The SMILES string of the molecule is Cc1oc(-c2cccs2)nc1CC(=O)NCCN1CCNCC1.Cl.Cl. The summed E-state index contributed by atoms with van der Waals surface area (Å²) in [6, 6.07) is 3.93. The largest absolute Gasteiger partial charge is 0.440 e. The molecule has 1 amide bonds. The Balaban J connectivity index is 0.00000156. The van der Waals surface area contributed by atoms with Crippen LogP contribution in [0.5, 0.6) is 0 Å². The average Bonchev–Trinajstić information content (AvgIpc) is 3.19. The Morgan fingerprint density at radius 3 is 2.84 bits per heavy atom.